The molecule has 0 aliphatic carbocycles. The fourth-order valence-electron chi connectivity index (χ4n) is 0.917. The second kappa shape index (κ2) is 4.50. The molecule has 1 rings (SSSR count). The summed E-state index contributed by atoms with van der Waals surface area (Å²) in [6.07, 6.45) is 1.72. The number of non-ortho nitro benzene ring substituents is 1. The fraction of sp³-hybridized carbons (Fsp3) is 0.300. The van der Waals surface area contributed by atoms with E-state index >= 15 is 0 Å². The molecule has 0 fully saturated rings. The summed E-state index contributed by atoms with van der Waals surface area (Å²) in [5, 5.41) is 10.4. The first-order valence-corrected chi connectivity index (χ1v) is 4.37. The highest BCUT2D eigenvalue weighted by Crippen LogP contribution is 2.10. The van der Waals surface area contributed by atoms with Gasteiger partial charge < -0.3 is 0 Å². The summed E-state index contributed by atoms with van der Waals surface area (Å²) < 4.78 is 0. The molecule has 0 saturated carbocycles. The molecule has 0 aliphatic heterocycles. The van der Waals surface area contributed by atoms with Gasteiger partial charge in [-0.05, 0) is 31.5 Å². The van der Waals surface area contributed by atoms with Crippen LogP contribution in [0.15, 0.2) is 29.3 Å². The number of nitro groups is 1. The Morgan fingerprint density at radius 1 is 1.36 bits per heavy atom. The molecule has 74 valence electrons. The van der Waals surface area contributed by atoms with Crippen molar-refractivity contribution in [3.05, 3.63) is 39.9 Å². The first-order chi connectivity index (χ1) is 6.59. The Balaban J connectivity index is 2.78. The Hall–Kier alpha value is -1.71. The van der Waals surface area contributed by atoms with E-state index < -0.39 is 4.92 Å². The monoisotopic (exact) mass is 192 g/mol. The number of nitro benzene ring substituents is 1. The van der Waals surface area contributed by atoms with Gasteiger partial charge in [-0.25, -0.2) is 0 Å². The predicted octanol–water partition coefficient (Wildman–Crippen LogP) is 2.42. The molecule has 0 radical (unpaired) electrons. The van der Waals surface area contributed by atoms with Gasteiger partial charge in [0.2, 0.25) is 0 Å². The van der Waals surface area contributed by atoms with Crippen molar-refractivity contribution < 1.29 is 4.92 Å². The van der Waals surface area contributed by atoms with Crippen LogP contribution in [0.1, 0.15) is 19.4 Å². The highest BCUT2D eigenvalue weighted by Gasteiger charge is 2.02. The number of hydrogen-bond acceptors (Lipinski definition) is 3. The van der Waals surface area contributed by atoms with Crippen molar-refractivity contribution >= 4 is 11.9 Å². The summed E-state index contributed by atoms with van der Waals surface area (Å²) >= 11 is 0. The van der Waals surface area contributed by atoms with Gasteiger partial charge in [-0.1, -0.05) is 0 Å². The van der Waals surface area contributed by atoms with Crippen LogP contribution < -0.4 is 0 Å². The van der Waals surface area contributed by atoms with Crippen molar-refractivity contribution in [2.45, 2.75) is 19.9 Å². The van der Waals surface area contributed by atoms with Crippen LogP contribution in [0.25, 0.3) is 0 Å². The first-order valence-electron chi connectivity index (χ1n) is 4.37. The quantitative estimate of drug-likeness (QED) is 0.419. The van der Waals surface area contributed by atoms with Crippen molar-refractivity contribution in [3.63, 3.8) is 0 Å². The standard InChI is InChI=1S/C10H12N2O2/c1-8(2)11-7-9-3-5-10(6-4-9)12(13)14/h3-8H,1-2H3. The second-order valence-electron chi connectivity index (χ2n) is 3.22. The molecule has 1 aromatic rings. The topological polar surface area (TPSA) is 55.5 Å². The third-order valence-electron chi connectivity index (χ3n) is 1.63. The zero-order valence-electron chi connectivity index (χ0n) is 8.18. The lowest BCUT2D eigenvalue weighted by Gasteiger charge is -1.95. The smallest absolute Gasteiger partial charge is 0.269 e. The van der Waals surface area contributed by atoms with E-state index in [1.54, 1.807) is 18.3 Å². The van der Waals surface area contributed by atoms with Gasteiger partial charge >= 0.3 is 0 Å². The molecule has 0 heterocycles. The lowest BCUT2D eigenvalue weighted by Crippen LogP contribution is -1.91. The van der Waals surface area contributed by atoms with Crippen LogP contribution in [0, 0.1) is 10.1 Å². The summed E-state index contributed by atoms with van der Waals surface area (Å²) in [7, 11) is 0. The van der Waals surface area contributed by atoms with Crippen molar-refractivity contribution in [1.29, 1.82) is 0 Å². The molecule has 0 saturated heterocycles. The minimum atomic E-state index is -0.413. The van der Waals surface area contributed by atoms with Gasteiger partial charge in [-0.15, -0.1) is 0 Å². The Morgan fingerprint density at radius 3 is 2.36 bits per heavy atom. The average Bonchev–Trinajstić information content (AvgIpc) is 2.15. The number of rotatable bonds is 3. The van der Waals surface area contributed by atoms with E-state index in [4.69, 9.17) is 0 Å². The van der Waals surface area contributed by atoms with Crippen LogP contribution in [0.5, 0.6) is 0 Å². The molecule has 0 N–H and O–H groups in total. The fourth-order valence-corrected chi connectivity index (χ4v) is 0.917. The number of nitrogens with zero attached hydrogens (tertiary/aromatic N) is 2. The van der Waals surface area contributed by atoms with Crippen LogP contribution in [0.4, 0.5) is 5.69 Å². The number of hydrogen-bond donors (Lipinski definition) is 0. The Morgan fingerprint density at radius 2 is 1.93 bits per heavy atom. The van der Waals surface area contributed by atoms with Crippen LogP contribution in [-0.2, 0) is 0 Å². The maximum absolute atomic E-state index is 10.4. The van der Waals surface area contributed by atoms with Crippen molar-refractivity contribution in [3.8, 4) is 0 Å². The third kappa shape index (κ3) is 2.97. The van der Waals surface area contributed by atoms with Crippen LogP contribution in [-0.4, -0.2) is 17.2 Å². The lowest BCUT2D eigenvalue weighted by molar-refractivity contribution is -0.384. The van der Waals surface area contributed by atoms with Crippen LogP contribution in [0.3, 0.4) is 0 Å². The maximum Gasteiger partial charge on any atom is 0.269 e. The molecule has 14 heavy (non-hydrogen) atoms. The highest BCUT2D eigenvalue weighted by atomic mass is 16.6. The summed E-state index contributed by atoms with van der Waals surface area (Å²) in [5.41, 5.74) is 0.982. The molecular formula is C10H12N2O2. The van der Waals surface area contributed by atoms with Crippen molar-refractivity contribution in [2.24, 2.45) is 4.99 Å². The largest absolute Gasteiger partial charge is 0.290 e. The van der Waals surface area contributed by atoms with E-state index in [2.05, 4.69) is 4.99 Å². The minimum absolute atomic E-state index is 0.103. The van der Waals surface area contributed by atoms with E-state index in [0.717, 1.165) is 5.56 Å². The van der Waals surface area contributed by atoms with Gasteiger partial charge in [0.25, 0.3) is 5.69 Å². The summed E-state index contributed by atoms with van der Waals surface area (Å²) in [6, 6.07) is 6.56. The molecule has 0 bridgehead atoms. The Bertz CT molecular complexity index is 342. The summed E-state index contributed by atoms with van der Waals surface area (Å²) in [5.74, 6) is 0. The van der Waals surface area contributed by atoms with Gasteiger partial charge in [0.05, 0.1) is 4.92 Å². The molecule has 0 unspecified atom stereocenters. The SMILES string of the molecule is CC(C)N=Cc1ccc([N+](=O)[O-])cc1. The molecule has 1 aromatic carbocycles. The molecule has 4 nitrogen and oxygen atoms in total. The van der Waals surface area contributed by atoms with Gasteiger partial charge in [-0.2, -0.15) is 0 Å². The van der Waals surface area contributed by atoms with Gasteiger partial charge in [0.1, 0.15) is 0 Å². The van der Waals surface area contributed by atoms with Gasteiger partial charge in [0, 0.05) is 24.4 Å². The third-order valence-corrected chi connectivity index (χ3v) is 1.63. The molecule has 0 amide bonds. The van der Waals surface area contributed by atoms with Crippen LogP contribution in [0.2, 0.25) is 0 Å². The van der Waals surface area contributed by atoms with Gasteiger partial charge in [-0.3, -0.25) is 15.1 Å². The molecule has 0 aliphatic rings. The molecule has 0 aromatic heterocycles. The second-order valence-corrected chi connectivity index (χ2v) is 3.22. The van der Waals surface area contributed by atoms with Gasteiger partial charge in [0.15, 0.2) is 0 Å². The van der Waals surface area contributed by atoms with E-state index in [1.165, 1.54) is 12.1 Å². The first kappa shape index (κ1) is 10.4. The summed E-state index contributed by atoms with van der Waals surface area (Å²) in [4.78, 5) is 14.1. The van der Waals surface area contributed by atoms with Crippen molar-refractivity contribution in [2.75, 3.05) is 0 Å². The molecular weight excluding hydrogens is 180 g/mol. The summed E-state index contributed by atoms with van der Waals surface area (Å²) in [6.45, 7) is 3.95. The zero-order valence-corrected chi connectivity index (χ0v) is 8.18. The highest BCUT2D eigenvalue weighted by molar-refractivity contribution is 5.80. The van der Waals surface area contributed by atoms with E-state index in [-0.39, 0.29) is 11.7 Å². The Labute approximate surface area is 82.4 Å². The maximum atomic E-state index is 10.4. The zero-order chi connectivity index (χ0) is 10.6. The Kier molecular flexibility index (Phi) is 3.34. The molecule has 4 heteroatoms. The molecule has 0 atom stereocenters. The van der Waals surface area contributed by atoms with E-state index in [0.29, 0.717) is 0 Å². The number of benzene rings is 1. The van der Waals surface area contributed by atoms with E-state index in [1.807, 2.05) is 13.8 Å². The number of aliphatic imine (C=N–C) groups is 1. The van der Waals surface area contributed by atoms with Crippen molar-refractivity contribution in [1.82, 2.24) is 0 Å². The normalized spacial score (nSPS) is 11.1. The minimum Gasteiger partial charge on any atom is -0.290 e. The predicted molar refractivity (Wildman–Crippen MR) is 55.8 cm³/mol. The molecule has 0 spiro atoms. The van der Waals surface area contributed by atoms with Crippen LogP contribution >= 0.6 is 0 Å². The average molecular weight is 192 g/mol. The van der Waals surface area contributed by atoms with E-state index in [9.17, 15) is 10.1 Å². The lowest BCUT2D eigenvalue weighted by atomic mass is 10.2.